The Bertz CT molecular complexity index is 1340. The molecule has 3 rings (SSSR count). The number of ether oxygens (including phenoxy) is 2. The van der Waals surface area contributed by atoms with Gasteiger partial charge in [-0.1, -0.05) is 0 Å². The van der Waals surface area contributed by atoms with E-state index >= 15 is 0 Å². The van der Waals surface area contributed by atoms with E-state index in [1.165, 1.54) is 0 Å². The van der Waals surface area contributed by atoms with E-state index in [1.807, 2.05) is 0 Å². The van der Waals surface area contributed by atoms with E-state index in [0.29, 0.717) is 24.3 Å². The summed E-state index contributed by atoms with van der Waals surface area (Å²) in [5, 5.41) is 0. The quantitative estimate of drug-likeness (QED) is 0.246. The van der Waals surface area contributed by atoms with Crippen molar-refractivity contribution in [3.63, 3.8) is 0 Å². The molecule has 0 saturated carbocycles. The predicted octanol–water partition coefficient (Wildman–Crippen LogP) is 8.51. The third-order valence-electron chi connectivity index (χ3n) is 4.64. The Balaban J connectivity index is 2.22. The SMILES string of the molecule is Nc1cc(Oc2cc(Oc3cc(N)cc(C(F)(F)F)c3)c(C(F)(F)F)c(C(F)(F)F)c2)cc(C(F)(F)F)c1. The molecule has 0 atom stereocenters. The van der Waals surface area contributed by atoms with Gasteiger partial charge in [0.1, 0.15) is 28.6 Å². The van der Waals surface area contributed by atoms with E-state index in [9.17, 15) is 52.7 Å². The van der Waals surface area contributed by atoms with E-state index in [4.69, 9.17) is 20.9 Å². The number of halogens is 12. The van der Waals surface area contributed by atoms with Crippen LogP contribution in [0.4, 0.5) is 64.1 Å². The van der Waals surface area contributed by atoms with Gasteiger partial charge >= 0.3 is 24.7 Å². The molecule has 0 heterocycles. The van der Waals surface area contributed by atoms with Crippen LogP contribution in [0.15, 0.2) is 48.5 Å². The van der Waals surface area contributed by atoms with E-state index in [2.05, 4.69) is 0 Å². The van der Waals surface area contributed by atoms with Gasteiger partial charge in [0, 0.05) is 29.6 Å². The highest BCUT2D eigenvalue weighted by Gasteiger charge is 2.46. The van der Waals surface area contributed by atoms with Gasteiger partial charge in [-0.05, 0) is 30.3 Å². The summed E-state index contributed by atoms with van der Waals surface area (Å²) in [6, 6.07) is 2.78. The molecule has 0 aromatic heterocycles. The summed E-state index contributed by atoms with van der Waals surface area (Å²) >= 11 is 0. The minimum atomic E-state index is -5.76. The van der Waals surface area contributed by atoms with Gasteiger partial charge in [-0.3, -0.25) is 0 Å². The monoisotopic (exact) mass is 564 g/mol. The number of anilines is 2. The van der Waals surface area contributed by atoms with Gasteiger partial charge in [0.25, 0.3) is 0 Å². The lowest BCUT2D eigenvalue weighted by Crippen LogP contribution is -2.18. The third kappa shape index (κ3) is 6.66. The van der Waals surface area contributed by atoms with Crippen molar-refractivity contribution < 1.29 is 62.2 Å². The number of hydrogen-bond acceptors (Lipinski definition) is 4. The number of alkyl halides is 12. The Kier molecular flexibility index (Phi) is 7.07. The summed E-state index contributed by atoms with van der Waals surface area (Å²) in [6.07, 6.45) is -21.5. The van der Waals surface area contributed by atoms with Crippen molar-refractivity contribution in [3.8, 4) is 23.0 Å². The van der Waals surface area contributed by atoms with Crippen LogP contribution in [0.3, 0.4) is 0 Å². The van der Waals surface area contributed by atoms with Crippen molar-refractivity contribution in [2.45, 2.75) is 24.7 Å². The maximum Gasteiger partial charge on any atom is 0.420 e. The first-order valence-electron chi connectivity index (χ1n) is 9.78. The average molecular weight is 564 g/mol. The second-order valence-electron chi connectivity index (χ2n) is 7.62. The highest BCUT2D eigenvalue weighted by atomic mass is 19.4. The molecule has 206 valence electrons. The maximum atomic E-state index is 13.7. The van der Waals surface area contributed by atoms with Crippen LogP contribution in [0.2, 0.25) is 0 Å². The standard InChI is InChI=1S/C22H12F12N2O2/c23-19(24,25)9-1-11(35)5-13(3-9)37-15-7-16(21(29,30)31)18(22(32,33)34)17(8-15)38-14-4-10(20(26,27)28)2-12(36)6-14/h1-8H,35-36H2. The molecule has 0 saturated heterocycles. The minimum Gasteiger partial charge on any atom is -0.457 e. The minimum absolute atomic E-state index is 0.160. The molecule has 16 heteroatoms. The number of benzene rings is 3. The molecule has 4 N–H and O–H groups in total. The molecule has 0 aliphatic rings. The second-order valence-corrected chi connectivity index (χ2v) is 7.62. The van der Waals surface area contributed by atoms with Crippen molar-refractivity contribution in [1.82, 2.24) is 0 Å². The largest absolute Gasteiger partial charge is 0.457 e. The lowest BCUT2D eigenvalue weighted by Gasteiger charge is -2.21. The first-order valence-corrected chi connectivity index (χ1v) is 9.78. The molecule has 0 aliphatic carbocycles. The summed E-state index contributed by atoms with van der Waals surface area (Å²) < 4.78 is 170. The number of hydrogen-bond donors (Lipinski definition) is 2. The first-order chi connectivity index (χ1) is 17.1. The fourth-order valence-electron chi connectivity index (χ4n) is 3.20. The molecule has 0 unspecified atom stereocenters. The van der Waals surface area contributed by atoms with E-state index in [1.54, 1.807) is 0 Å². The van der Waals surface area contributed by atoms with Crippen molar-refractivity contribution in [2.75, 3.05) is 11.5 Å². The van der Waals surface area contributed by atoms with Gasteiger partial charge in [-0.25, -0.2) is 0 Å². The Labute approximate surface area is 204 Å². The van der Waals surface area contributed by atoms with Crippen LogP contribution in [0.1, 0.15) is 22.3 Å². The number of nitrogens with two attached hydrogens (primary N) is 2. The molecular weight excluding hydrogens is 552 g/mol. The molecule has 3 aromatic carbocycles. The van der Waals surface area contributed by atoms with Crippen molar-refractivity contribution in [1.29, 1.82) is 0 Å². The summed E-state index contributed by atoms with van der Waals surface area (Å²) in [7, 11) is 0. The molecule has 0 spiro atoms. The number of nitrogen functional groups attached to an aromatic ring is 2. The van der Waals surface area contributed by atoms with Crippen LogP contribution in [0.25, 0.3) is 0 Å². The molecule has 0 radical (unpaired) electrons. The van der Waals surface area contributed by atoms with Gasteiger partial charge in [-0.15, -0.1) is 0 Å². The van der Waals surface area contributed by atoms with Crippen LogP contribution in [0.5, 0.6) is 23.0 Å². The van der Waals surface area contributed by atoms with Crippen molar-refractivity contribution in [2.24, 2.45) is 0 Å². The van der Waals surface area contributed by atoms with Crippen LogP contribution < -0.4 is 20.9 Å². The highest BCUT2D eigenvalue weighted by Crippen LogP contribution is 2.49. The summed E-state index contributed by atoms with van der Waals surface area (Å²) in [5.74, 6) is -4.59. The molecular formula is C22H12F12N2O2. The number of rotatable bonds is 4. The molecule has 38 heavy (non-hydrogen) atoms. The first kappa shape index (κ1) is 28.6. The zero-order valence-electron chi connectivity index (χ0n) is 18.1. The van der Waals surface area contributed by atoms with E-state index in [0.717, 1.165) is 6.07 Å². The Hall–Kier alpha value is -3.98. The van der Waals surface area contributed by atoms with Crippen molar-refractivity contribution >= 4 is 11.4 Å². The molecule has 0 aliphatic heterocycles. The zero-order valence-corrected chi connectivity index (χ0v) is 18.1. The van der Waals surface area contributed by atoms with E-state index < -0.39 is 81.3 Å². The van der Waals surface area contributed by atoms with Crippen LogP contribution >= 0.6 is 0 Å². The molecule has 0 fully saturated rings. The average Bonchev–Trinajstić information content (AvgIpc) is 2.69. The zero-order chi connectivity index (χ0) is 28.8. The Morgan fingerprint density at radius 1 is 0.447 bits per heavy atom. The Morgan fingerprint density at radius 2 is 0.868 bits per heavy atom. The van der Waals surface area contributed by atoms with Gasteiger partial charge < -0.3 is 20.9 Å². The topological polar surface area (TPSA) is 70.5 Å². The van der Waals surface area contributed by atoms with Gasteiger partial charge in [-0.2, -0.15) is 52.7 Å². The molecule has 0 amide bonds. The van der Waals surface area contributed by atoms with Crippen molar-refractivity contribution in [3.05, 3.63) is 70.8 Å². The van der Waals surface area contributed by atoms with Crippen LogP contribution in [-0.4, -0.2) is 0 Å². The molecule has 3 aromatic rings. The fourth-order valence-corrected chi connectivity index (χ4v) is 3.20. The highest BCUT2D eigenvalue weighted by molar-refractivity contribution is 5.55. The lowest BCUT2D eigenvalue weighted by molar-refractivity contribution is -0.162. The maximum absolute atomic E-state index is 13.7. The van der Waals surface area contributed by atoms with E-state index in [-0.39, 0.29) is 18.2 Å². The van der Waals surface area contributed by atoms with Gasteiger partial charge in [0.05, 0.1) is 16.7 Å². The summed E-state index contributed by atoms with van der Waals surface area (Å²) in [6.45, 7) is 0. The molecule has 4 nitrogen and oxygen atoms in total. The normalized spacial score (nSPS) is 12.9. The summed E-state index contributed by atoms with van der Waals surface area (Å²) in [5.41, 5.74) is 1.78. The lowest BCUT2D eigenvalue weighted by atomic mass is 10.0. The Morgan fingerprint density at radius 3 is 1.26 bits per heavy atom. The van der Waals surface area contributed by atoms with Crippen LogP contribution in [-0.2, 0) is 24.7 Å². The second kappa shape index (κ2) is 9.40. The smallest absolute Gasteiger partial charge is 0.420 e. The summed E-state index contributed by atoms with van der Waals surface area (Å²) in [4.78, 5) is 0. The fraction of sp³-hybridized carbons (Fsp3) is 0.182. The molecule has 0 bridgehead atoms. The van der Waals surface area contributed by atoms with Gasteiger partial charge in [0.15, 0.2) is 0 Å². The van der Waals surface area contributed by atoms with Gasteiger partial charge in [0.2, 0.25) is 0 Å². The van der Waals surface area contributed by atoms with Crippen LogP contribution in [0, 0.1) is 0 Å². The predicted molar refractivity (Wildman–Crippen MR) is 108 cm³/mol. The third-order valence-corrected chi connectivity index (χ3v) is 4.64.